The molecule has 22 heavy (non-hydrogen) atoms. The van der Waals surface area contributed by atoms with Crippen LogP contribution in [0.5, 0.6) is 5.75 Å². The summed E-state index contributed by atoms with van der Waals surface area (Å²) in [5.41, 5.74) is 1.06. The SMILES string of the molecule is CN(Cc1cnc[nH]1)[C@@H]1CCC[C@H](Oc2ccccc2)[C@H]1O. The van der Waals surface area contributed by atoms with Crippen molar-refractivity contribution in [2.75, 3.05) is 7.05 Å². The summed E-state index contributed by atoms with van der Waals surface area (Å²) in [6.07, 6.45) is 5.82. The van der Waals surface area contributed by atoms with Gasteiger partial charge in [0.15, 0.2) is 0 Å². The lowest BCUT2D eigenvalue weighted by molar-refractivity contribution is -0.0493. The number of aromatic amines is 1. The highest BCUT2D eigenvalue weighted by Gasteiger charge is 2.35. The third kappa shape index (κ3) is 3.48. The lowest BCUT2D eigenvalue weighted by atomic mass is 9.89. The molecule has 3 rings (SSSR count). The van der Waals surface area contributed by atoms with Gasteiger partial charge in [0.05, 0.1) is 6.33 Å². The van der Waals surface area contributed by atoms with Gasteiger partial charge in [0, 0.05) is 24.5 Å². The minimum absolute atomic E-state index is 0.103. The summed E-state index contributed by atoms with van der Waals surface area (Å²) in [7, 11) is 2.04. The Kier molecular flexibility index (Phi) is 4.75. The Morgan fingerprint density at radius 3 is 2.86 bits per heavy atom. The Balaban J connectivity index is 1.63. The highest BCUT2D eigenvalue weighted by atomic mass is 16.5. The predicted octanol–water partition coefficient (Wildman–Crippen LogP) is 2.20. The van der Waals surface area contributed by atoms with Gasteiger partial charge in [-0.1, -0.05) is 18.2 Å². The number of nitrogens with one attached hydrogen (secondary N) is 1. The fraction of sp³-hybridized carbons (Fsp3) is 0.471. The van der Waals surface area contributed by atoms with Crippen LogP contribution in [0.4, 0.5) is 0 Å². The second-order valence-corrected chi connectivity index (χ2v) is 5.95. The van der Waals surface area contributed by atoms with Crippen LogP contribution >= 0.6 is 0 Å². The number of imidazole rings is 1. The lowest BCUT2D eigenvalue weighted by Gasteiger charge is -2.39. The summed E-state index contributed by atoms with van der Waals surface area (Å²) in [6.45, 7) is 0.750. The smallest absolute Gasteiger partial charge is 0.126 e. The zero-order valence-corrected chi connectivity index (χ0v) is 12.9. The second-order valence-electron chi connectivity index (χ2n) is 5.95. The van der Waals surface area contributed by atoms with Gasteiger partial charge in [-0.3, -0.25) is 4.90 Å². The molecule has 0 saturated heterocycles. The predicted molar refractivity (Wildman–Crippen MR) is 84.6 cm³/mol. The highest BCUT2D eigenvalue weighted by molar-refractivity contribution is 5.21. The first-order valence-corrected chi connectivity index (χ1v) is 7.81. The number of ether oxygens (including phenoxy) is 1. The molecule has 0 radical (unpaired) electrons. The molecule has 1 aromatic heterocycles. The van der Waals surface area contributed by atoms with Crippen LogP contribution in [0, 0.1) is 0 Å². The summed E-state index contributed by atoms with van der Waals surface area (Å²) in [5, 5.41) is 10.7. The van der Waals surface area contributed by atoms with E-state index in [4.69, 9.17) is 4.74 Å². The normalized spacial score (nSPS) is 25.3. The quantitative estimate of drug-likeness (QED) is 0.889. The fourth-order valence-corrected chi connectivity index (χ4v) is 3.16. The van der Waals surface area contributed by atoms with Crippen LogP contribution in [-0.4, -0.2) is 45.3 Å². The van der Waals surface area contributed by atoms with Gasteiger partial charge in [-0.05, 0) is 38.4 Å². The summed E-state index contributed by atoms with van der Waals surface area (Å²) < 4.78 is 5.99. The average Bonchev–Trinajstić information content (AvgIpc) is 3.03. The standard InChI is InChI=1S/C17H23N3O2/c1-20(11-13-10-18-12-19-13)15-8-5-9-16(17(15)21)22-14-6-3-2-4-7-14/h2-4,6-7,10,12,15-17,21H,5,8-9,11H2,1H3,(H,18,19)/t15-,16+,17+/m1/s1. The van der Waals surface area contributed by atoms with E-state index in [1.54, 1.807) is 6.33 Å². The molecule has 0 unspecified atom stereocenters. The third-order valence-corrected chi connectivity index (χ3v) is 4.34. The minimum Gasteiger partial charge on any atom is -0.488 e. The molecule has 0 aliphatic heterocycles. The molecular weight excluding hydrogens is 278 g/mol. The van der Waals surface area contributed by atoms with Crippen molar-refractivity contribution < 1.29 is 9.84 Å². The summed E-state index contributed by atoms with van der Waals surface area (Å²) in [5.74, 6) is 0.823. The molecule has 5 heteroatoms. The maximum absolute atomic E-state index is 10.7. The van der Waals surface area contributed by atoms with E-state index in [2.05, 4.69) is 14.9 Å². The average molecular weight is 301 g/mol. The topological polar surface area (TPSA) is 61.4 Å². The first kappa shape index (κ1) is 15.1. The molecule has 3 atom stereocenters. The van der Waals surface area contributed by atoms with E-state index in [1.165, 1.54) is 0 Å². The van der Waals surface area contributed by atoms with Gasteiger partial charge in [0.2, 0.25) is 0 Å². The molecule has 1 heterocycles. The third-order valence-electron chi connectivity index (χ3n) is 4.34. The van der Waals surface area contributed by atoms with Gasteiger partial charge in [-0.15, -0.1) is 0 Å². The number of H-pyrrole nitrogens is 1. The van der Waals surface area contributed by atoms with Crippen LogP contribution in [-0.2, 0) is 6.54 Å². The van der Waals surface area contributed by atoms with E-state index in [0.717, 1.165) is 37.3 Å². The van der Waals surface area contributed by atoms with Crippen LogP contribution in [0.3, 0.4) is 0 Å². The number of aromatic nitrogens is 2. The van der Waals surface area contributed by atoms with Crippen molar-refractivity contribution in [2.45, 2.75) is 44.1 Å². The largest absolute Gasteiger partial charge is 0.488 e. The highest BCUT2D eigenvalue weighted by Crippen LogP contribution is 2.27. The summed E-state index contributed by atoms with van der Waals surface area (Å²) in [6, 6.07) is 9.84. The number of hydrogen-bond acceptors (Lipinski definition) is 4. The fourth-order valence-electron chi connectivity index (χ4n) is 3.16. The van der Waals surface area contributed by atoms with Crippen LogP contribution in [0.25, 0.3) is 0 Å². The number of rotatable bonds is 5. The van der Waals surface area contributed by atoms with E-state index in [0.29, 0.717) is 0 Å². The van der Waals surface area contributed by atoms with E-state index in [-0.39, 0.29) is 12.1 Å². The molecule has 1 fully saturated rings. The first-order valence-electron chi connectivity index (χ1n) is 7.81. The number of likely N-dealkylation sites (N-methyl/N-ethyl adjacent to an activating group) is 1. The molecule has 1 saturated carbocycles. The van der Waals surface area contributed by atoms with Crippen LogP contribution < -0.4 is 4.74 Å². The zero-order valence-electron chi connectivity index (χ0n) is 12.9. The number of benzene rings is 1. The molecule has 0 amide bonds. The van der Waals surface area contributed by atoms with Crippen molar-refractivity contribution in [3.63, 3.8) is 0 Å². The summed E-state index contributed by atoms with van der Waals surface area (Å²) >= 11 is 0. The molecule has 2 aromatic rings. The van der Waals surface area contributed by atoms with E-state index in [1.807, 2.05) is 43.6 Å². The van der Waals surface area contributed by atoms with Gasteiger partial charge in [0.1, 0.15) is 18.0 Å². The van der Waals surface area contributed by atoms with Gasteiger partial charge >= 0.3 is 0 Å². The number of aliphatic hydroxyl groups is 1. The first-order chi connectivity index (χ1) is 10.7. The molecule has 118 valence electrons. The van der Waals surface area contributed by atoms with Crippen molar-refractivity contribution in [3.8, 4) is 5.75 Å². The Morgan fingerprint density at radius 2 is 2.14 bits per heavy atom. The van der Waals surface area contributed by atoms with Crippen molar-refractivity contribution in [3.05, 3.63) is 48.5 Å². The molecule has 2 N–H and O–H groups in total. The van der Waals surface area contributed by atoms with Gasteiger partial charge in [-0.25, -0.2) is 4.98 Å². The molecule has 5 nitrogen and oxygen atoms in total. The Hall–Kier alpha value is -1.85. The molecule has 0 bridgehead atoms. The molecule has 1 aromatic carbocycles. The number of nitrogens with zero attached hydrogens (tertiary/aromatic N) is 2. The maximum Gasteiger partial charge on any atom is 0.126 e. The maximum atomic E-state index is 10.7. The zero-order chi connectivity index (χ0) is 15.4. The number of aliphatic hydroxyl groups excluding tert-OH is 1. The monoisotopic (exact) mass is 301 g/mol. The Morgan fingerprint density at radius 1 is 1.32 bits per heavy atom. The van der Waals surface area contributed by atoms with Gasteiger partial charge in [0.25, 0.3) is 0 Å². The van der Waals surface area contributed by atoms with Crippen molar-refractivity contribution in [1.82, 2.24) is 14.9 Å². The van der Waals surface area contributed by atoms with E-state index >= 15 is 0 Å². The molecule has 0 spiro atoms. The van der Waals surface area contributed by atoms with Crippen LogP contribution in [0.2, 0.25) is 0 Å². The summed E-state index contributed by atoms with van der Waals surface area (Å²) in [4.78, 5) is 9.33. The van der Waals surface area contributed by atoms with Crippen molar-refractivity contribution >= 4 is 0 Å². The van der Waals surface area contributed by atoms with E-state index in [9.17, 15) is 5.11 Å². The van der Waals surface area contributed by atoms with Crippen LogP contribution in [0.1, 0.15) is 25.0 Å². The van der Waals surface area contributed by atoms with Crippen molar-refractivity contribution in [2.24, 2.45) is 0 Å². The molecule has 1 aliphatic rings. The Bertz CT molecular complexity index is 559. The number of hydrogen-bond donors (Lipinski definition) is 2. The van der Waals surface area contributed by atoms with Gasteiger partial charge in [-0.2, -0.15) is 0 Å². The lowest BCUT2D eigenvalue weighted by Crippen LogP contribution is -2.51. The Labute approximate surface area is 130 Å². The van der Waals surface area contributed by atoms with Crippen molar-refractivity contribution in [1.29, 1.82) is 0 Å². The number of para-hydroxylation sites is 1. The minimum atomic E-state index is -0.484. The molecule has 1 aliphatic carbocycles. The van der Waals surface area contributed by atoms with E-state index < -0.39 is 6.10 Å². The second kappa shape index (κ2) is 6.94. The van der Waals surface area contributed by atoms with Crippen LogP contribution in [0.15, 0.2) is 42.9 Å². The van der Waals surface area contributed by atoms with Gasteiger partial charge < -0.3 is 14.8 Å². The molecular formula is C17H23N3O2.